The maximum atomic E-state index is 6.11. The molecule has 1 spiro atoms. The highest BCUT2D eigenvalue weighted by atomic mass is 16.6. The summed E-state index contributed by atoms with van der Waals surface area (Å²) in [6, 6.07) is 1.43. The minimum absolute atomic E-state index is 0.0434. The third-order valence-corrected chi connectivity index (χ3v) is 5.48. The highest BCUT2D eigenvalue weighted by Crippen LogP contribution is 2.36. The number of piperidine rings is 1. The summed E-state index contributed by atoms with van der Waals surface area (Å²) < 4.78 is 11.7. The summed E-state index contributed by atoms with van der Waals surface area (Å²) in [6.45, 7) is 8.45. The zero-order chi connectivity index (χ0) is 14.5. The van der Waals surface area contributed by atoms with Crippen molar-refractivity contribution in [2.24, 2.45) is 0 Å². The fourth-order valence-electron chi connectivity index (χ4n) is 4.32. The molecular weight excluding hydrogens is 264 g/mol. The summed E-state index contributed by atoms with van der Waals surface area (Å²) in [6.07, 6.45) is 8.82. The molecule has 0 aromatic rings. The standard InChI is InChI=1S/C17H32N2O2/c1-2-8-18-13-16-5-3-4-9-19(16)15-6-10-21-17(12-15)7-11-20-14-17/h15-16,18H,2-14H2,1H3. The number of hydrogen-bond acceptors (Lipinski definition) is 4. The van der Waals surface area contributed by atoms with Crippen molar-refractivity contribution in [1.82, 2.24) is 10.2 Å². The van der Waals surface area contributed by atoms with Crippen LogP contribution in [0, 0.1) is 0 Å². The van der Waals surface area contributed by atoms with Gasteiger partial charge in [-0.25, -0.2) is 0 Å². The first-order valence-corrected chi connectivity index (χ1v) is 9.01. The predicted octanol–water partition coefficient (Wildman–Crippen LogP) is 2.18. The van der Waals surface area contributed by atoms with Gasteiger partial charge in [0.1, 0.15) is 0 Å². The number of ether oxygens (including phenoxy) is 2. The molecule has 3 fully saturated rings. The van der Waals surface area contributed by atoms with Gasteiger partial charge in [-0.05, 0) is 45.2 Å². The SMILES string of the molecule is CCCNCC1CCCCN1C1CCOC2(CCOC2)C1. The third kappa shape index (κ3) is 3.79. The van der Waals surface area contributed by atoms with Gasteiger partial charge in [0.25, 0.3) is 0 Å². The average molecular weight is 296 g/mol. The van der Waals surface area contributed by atoms with Gasteiger partial charge in [0.05, 0.1) is 12.2 Å². The Labute approximate surface area is 129 Å². The van der Waals surface area contributed by atoms with Crippen molar-refractivity contribution >= 4 is 0 Å². The van der Waals surface area contributed by atoms with E-state index in [1.54, 1.807) is 0 Å². The normalized spacial score (nSPS) is 38.1. The molecular formula is C17H32N2O2. The first-order chi connectivity index (χ1) is 10.3. The van der Waals surface area contributed by atoms with E-state index in [1.165, 1.54) is 45.1 Å². The van der Waals surface area contributed by atoms with Crippen LogP contribution in [0.5, 0.6) is 0 Å². The topological polar surface area (TPSA) is 33.7 Å². The van der Waals surface area contributed by atoms with Crippen molar-refractivity contribution < 1.29 is 9.47 Å². The van der Waals surface area contributed by atoms with E-state index in [0.717, 1.165) is 45.4 Å². The van der Waals surface area contributed by atoms with Gasteiger partial charge in [-0.3, -0.25) is 4.90 Å². The fourth-order valence-corrected chi connectivity index (χ4v) is 4.32. The van der Waals surface area contributed by atoms with Crippen LogP contribution in [-0.2, 0) is 9.47 Å². The molecule has 0 aromatic carbocycles. The maximum absolute atomic E-state index is 6.11. The van der Waals surface area contributed by atoms with Crippen LogP contribution in [0.4, 0.5) is 0 Å². The summed E-state index contributed by atoms with van der Waals surface area (Å²) in [5.41, 5.74) is 0.0434. The van der Waals surface area contributed by atoms with E-state index in [2.05, 4.69) is 17.1 Å². The number of likely N-dealkylation sites (tertiary alicyclic amines) is 1. The van der Waals surface area contributed by atoms with Crippen molar-refractivity contribution in [2.45, 2.75) is 69.6 Å². The summed E-state index contributed by atoms with van der Waals surface area (Å²) in [5, 5.41) is 3.64. The Morgan fingerprint density at radius 1 is 1.24 bits per heavy atom. The third-order valence-electron chi connectivity index (χ3n) is 5.48. The van der Waals surface area contributed by atoms with E-state index in [1.807, 2.05) is 0 Å². The van der Waals surface area contributed by atoms with Crippen molar-refractivity contribution in [3.63, 3.8) is 0 Å². The molecule has 4 nitrogen and oxygen atoms in total. The van der Waals surface area contributed by atoms with Crippen LogP contribution in [0.15, 0.2) is 0 Å². The molecule has 0 aliphatic carbocycles. The first-order valence-electron chi connectivity index (χ1n) is 9.01. The molecule has 3 saturated heterocycles. The molecule has 3 atom stereocenters. The molecule has 21 heavy (non-hydrogen) atoms. The van der Waals surface area contributed by atoms with Crippen LogP contribution in [0.1, 0.15) is 51.9 Å². The van der Waals surface area contributed by atoms with Crippen molar-refractivity contribution in [2.75, 3.05) is 39.5 Å². The Kier molecular flexibility index (Phi) is 5.54. The maximum Gasteiger partial charge on any atom is 0.0951 e. The van der Waals surface area contributed by atoms with Gasteiger partial charge in [0.2, 0.25) is 0 Å². The van der Waals surface area contributed by atoms with Crippen LogP contribution < -0.4 is 5.32 Å². The van der Waals surface area contributed by atoms with E-state index in [-0.39, 0.29) is 5.60 Å². The molecule has 0 radical (unpaired) electrons. The van der Waals surface area contributed by atoms with Gasteiger partial charge < -0.3 is 14.8 Å². The van der Waals surface area contributed by atoms with Crippen LogP contribution in [0.2, 0.25) is 0 Å². The lowest BCUT2D eigenvalue weighted by atomic mass is 9.86. The van der Waals surface area contributed by atoms with E-state index < -0.39 is 0 Å². The summed E-state index contributed by atoms with van der Waals surface area (Å²) in [4.78, 5) is 2.80. The van der Waals surface area contributed by atoms with Gasteiger partial charge >= 0.3 is 0 Å². The highest BCUT2D eigenvalue weighted by molar-refractivity contribution is 4.96. The molecule has 3 heterocycles. The number of hydrogen-bond donors (Lipinski definition) is 1. The summed E-state index contributed by atoms with van der Waals surface area (Å²) in [5.74, 6) is 0. The van der Waals surface area contributed by atoms with Gasteiger partial charge in [0.15, 0.2) is 0 Å². The molecule has 3 aliphatic rings. The van der Waals surface area contributed by atoms with Gasteiger partial charge in [-0.1, -0.05) is 13.3 Å². The monoisotopic (exact) mass is 296 g/mol. The summed E-state index contributed by atoms with van der Waals surface area (Å²) in [7, 11) is 0. The molecule has 3 aliphatic heterocycles. The van der Waals surface area contributed by atoms with E-state index in [4.69, 9.17) is 9.47 Å². The minimum Gasteiger partial charge on any atom is -0.378 e. The van der Waals surface area contributed by atoms with Crippen LogP contribution in [0.25, 0.3) is 0 Å². The second-order valence-corrected chi connectivity index (χ2v) is 7.07. The molecule has 0 amide bonds. The lowest BCUT2D eigenvalue weighted by Crippen LogP contribution is -2.55. The predicted molar refractivity (Wildman–Crippen MR) is 84.6 cm³/mol. The summed E-state index contributed by atoms with van der Waals surface area (Å²) >= 11 is 0. The number of rotatable bonds is 5. The van der Waals surface area contributed by atoms with Crippen molar-refractivity contribution in [3.8, 4) is 0 Å². The quantitative estimate of drug-likeness (QED) is 0.789. The smallest absolute Gasteiger partial charge is 0.0951 e. The lowest BCUT2D eigenvalue weighted by molar-refractivity contribution is -0.113. The largest absolute Gasteiger partial charge is 0.378 e. The van der Waals surface area contributed by atoms with Crippen molar-refractivity contribution in [3.05, 3.63) is 0 Å². The van der Waals surface area contributed by atoms with Crippen LogP contribution >= 0.6 is 0 Å². The Morgan fingerprint density at radius 3 is 3.00 bits per heavy atom. The zero-order valence-corrected chi connectivity index (χ0v) is 13.6. The van der Waals surface area contributed by atoms with Gasteiger partial charge in [-0.2, -0.15) is 0 Å². The Balaban J connectivity index is 1.59. The molecule has 0 bridgehead atoms. The van der Waals surface area contributed by atoms with Crippen molar-refractivity contribution in [1.29, 1.82) is 0 Å². The Morgan fingerprint density at radius 2 is 2.19 bits per heavy atom. The Hall–Kier alpha value is -0.160. The molecule has 4 heteroatoms. The number of nitrogens with one attached hydrogen (secondary N) is 1. The van der Waals surface area contributed by atoms with E-state index in [9.17, 15) is 0 Å². The second kappa shape index (κ2) is 7.40. The van der Waals surface area contributed by atoms with E-state index >= 15 is 0 Å². The van der Waals surface area contributed by atoms with Gasteiger partial charge in [0, 0.05) is 38.3 Å². The minimum atomic E-state index is 0.0434. The molecule has 3 unspecified atom stereocenters. The van der Waals surface area contributed by atoms with Crippen LogP contribution in [0.3, 0.4) is 0 Å². The number of nitrogens with zero attached hydrogens (tertiary/aromatic N) is 1. The second-order valence-electron chi connectivity index (χ2n) is 7.07. The highest BCUT2D eigenvalue weighted by Gasteiger charge is 2.43. The Bertz CT molecular complexity index is 318. The van der Waals surface area contributed by atoms with E-state index in [0.29, 0.717) is 6.04 Å². The zero-order valence-electron chi connectivity index (χ0n) is 13.6. The van der Waals surface area contributed by atoms with Crippen LogP contribution in [-0.4, -0.2) is 62.0 Å². The molecule has 3 rings (SSSR count). The molecule has 1 N–H and O–H groups in total. The van der Waals surface area contributed by atoms with Gasteiger partial charge in [-0.15, -0.1) is 0 Å². The average Bonchev–Trinajstić information content (AvgIpc) is 2.96. The first kappa shape index (κ1) is 15.7. The molecule has 0 aromatic heterocycles. The molecule has 0 saturated carbocycles. The lowest BCUT2D eigenvalue weighted by Gasteiger charge is -2.47. The fraction of sp³-hybridized carbons (Fsp3) is 1.00. The molecule has 122 valence electrons.